The number of aliphatic hydroxyl groups is 12. The molecule has 7 rings (SSSR count). The van der Waals surface area contributed by atoms with Crippen molar-refractivity contribution in [3.63, 3.8) is 0 Å². The second-order valence-corrected chi connectivity index (χ2v) is 21.6. The maximum absolute atomic E-state index is 12.5. The van der Waals surface area contributed by atoms with Crippen LogP contribution in [0.2, 0.25) is 0 Å². The molecule has 0 spiro atoms. The van der Waals surface area contributed by atoms with E-state index in [0.717, 1.165) is 37.7 Å². The van der Waals surface area contributed by atoms with E-state index in [4.69, 9.17) is 28.4 Å². The van der Waals surface area contributed by atoms with E-state index in [0.29, 0.717) is 32.1 Å². The predicted octanol–water partition coefficient (Wildman–Crippen LogP) is -0.663. The van der Waals surface area contributed by atoms with E-state index in [2.05, 4.69) is 26.8 Å². The smallest absolute Gasteiger partial charge is 0.187 e. The Morgan fingerprint density at radius 3 is 1.77 bits per heavy atom. The van der Waals surface area contributed by atoms with Crippen molar-refractivity contribution in [3.05, 3.63) is 11.6 Å². The SMILES string of the molecule is CC(C)=CCC[C@](C)(O[C@@H]1O[C@H](CO)[C@@H](O)[C@H](O)[C@H]1O)C1CC[C@]2(C)C1[C@H](O)CC1[C@@]3(C)CC[C@H](O[C@@H]4O[C@H](CO)[C@@H](O)[C@H](O)[C@H]4O[C@@H]4O[C@H](CO)[C@@H](O)[C@H](O)[C@H]4O)CC3CC[C@]12C. The zero-order chi connectivity index (χ0) is 46.8. The van der Waals surface area contributed by atoms with Gasteiger partial charge in [0.25, 0.3) is 0 Å². The van der Waals surface area contributed by atoms with Gasteiger partial charge in [-0.25, -0.2) is 0 Å². The summed E-state index contributed by atoms with van der Waals surface area (Å²) in [4.78, 5) is 0. The Morgan fingerprint density at radius 1 is 0.625 bits per heavy atom. The minimum absolute atomic E-state index is 0.141. The van der Waals surface area contributed by atoms with Gasteiger partial charge in [0, 0.05) is 0 Å². The van der Waals surface area contributed by atoms with Crippen LogP contribution in [-0.2, 0) is 28.4 Å². The molecule has 12 N–H and O–H groups in total. The topological polar surface area (TPSA) is 298 Å². The Bertz CT molecular complexity index is 1600. The molecule has 0 radical (unpaired) electrons. The quantitative estimate of drug-likeness (QED) is 0.0806. The summed E-state index contributed by atoms with van der Waals surface area (Å²) in [5.74, 6) is 0.000776. The molecule has 3 aliphatic heterocycles. The molecule has 18 heteroatoms. The summed E-state index contributed by atoms with van der Waals surface area (Å²) in [6.45, 7) is 11.2. The molecule has 4 aliphatic carbocycles. The lowest BCUT2D eigenvalue weighted by Gasteiger charge is -2.68. The Kier molecular flexibility index (Phi) is 15.4. The maximum Gasteiger partial charge on any atom is 0.187 e. The zero-order valence-electron chi connectivity index (χ0n) is 38.2. The molecule has 0 bridgehead atoms. The van der Waals surface area contributed by atoms with Crippen molar-refractivity contribution in [2.45, 2.75) is 216 Å². The summed E-state index contributed by atoms with van der Waals surface area (Å²) >= 11 is 0. The van der Waals surface area contributed by atoms with Gasteiger partial charge in [-0.05, 0) is 125 Å². The van der Waals surface area contributed by atoms with Crippen LogP contribution in [0.15, 0.2) is 11.6 Å². The molecule has 0 aromatic rings. The number of fused-ring (bicyclic) bond motifs is 5. The van der Waals surface area contributed by atoms with Crippen LogP contribution in [0.1, 0.15) is 106 Å². The van der Waals surface area contributed by atoms with Gasteiger partial charge in [-0.15, -0.1) is 0 Å². The standard InChI is InChI=1S/C46H78O18/c1-21(2)8-7-12-46(6,64-41-38(58)35(55)32(52)27(19-48)61-41)24-11-15-45(5)30(24)25(50)17-29-43(3)13-10-23(16-22(43)9-14-44(29,45)4)59-42-39(36(56)33(53)28(20-49)62-42)63-40-37(57)34(54)31(51)26(18-47)60-40/h8,22-42,47-58H,7,9-20H2,1-6H3/t22?,23-,24?,25+,26+,27+,28+,29?,30?,31+,32+,33+,34-,35-,36-,37+,38+,39+,40-,41-,42+,43-,44+,45+,46-/m0/s1. The van der Waals surface area contributed by atoms with Crippen molar-refractivity contribution in [1.82, 2.24) is 0 Å². The molecule has 4 unspecified atom stereocenters. The molecule has 0 aromatic heterocycles. The predicted molar refractivity (Wildman–Crippen MR) is 224 cm³/mol. The summed E-state index contributed by atoms with van der Waals surface area (Å²) in [5.41, 5.74) is -0.461. The van der Waals surface area contributed by atoms with E-state index in [1.165, 1.54) is 0 Å². The first kappa shape index (κ1) is 50.9. The molecule has 25 atom stereocenters. The lowest BCUT2D eigenvalue weighted by molar-refractivity contribution is -0.373. The molecule has 3 heterocycles. The van der Waals surface area contributed by atoms with Crippen LogP contribution < -0.4 is 0 Å². The van der Waals surface area contributed by atoms with Crippen molar-refractivity contribution in [2.24, 2.45) is 39.9 Å². The summed E-state index contributed by atoms with van der Waals surface area (Å²) in [6, 6.07) is 0. The molecule has 0 aromatic carbocycles. The van der Waals surface area contributed by atoms with Crippen LogP contribution in [0.4, 0.5) is 0 Å². The summed E-state index contributed by atoms with van der Waals surface area (Å²) in [7, 11) is 0. The van der Waals surface area contributed by atoms with Gasteiger partial charge in [0.1, 0.15) is 73.2 Å². The molecule has 7 fully saturated rings. The molecule has 7 aliphatic rings. The first-order valence-corrected chi connectivity index (χ1v) is 23.6. The number of ether oxygens (including phenoxy) is 6. The van der Waals surface area contributed by atoms with Crippen LogP contribution in [0.5, 0.6) is 0 Å². The molecule has 0 amide bonds. The van der Waals surface area contributed by atoms with Crippen molar-refractivity contribution >= 4 is 0 Å². The fourth-order valence-electron chi connectivity index (χ4n) is 13.9. The Hall–Kier alpha value is -0.980. The second kappa shape index (κ2) is 19.4. The minimum Gasteiger partial charge on any atom is -0.394 e. The van der Waals surface area contributed by atoms with Gasteiger partial charge in [-0.3, -0.25) is 0 Å². The van der Waals surface area contributed by atoms with Crippen LogP contribution in [0.3, 0.4) is 0 Å². The second-order valence-electron chi connectivity index (χ2n) is 21.6. The number of allylic oxidation sites excluding steroid dienone is 2. The van der Waals surface area contributed by atoms with E-state index < -0.39 is 130 Å². The minimum atomic E-state index is -1.78. The number of aliphatic hydroxyl groups excluding tert-OH is 12. The summed E-state index contributed by atoms with van der Waals surface area (Å²) in [6.07, 6.45) is -14.3. The third kappa shape index (κ3) is 8.80. The van der Waals surface area contributed by atoms with Crippen molar-refractivity contribution in [2.75, 3.05) is 19.8 Å². The van der Waals surface area contributed by atoms with Crippen LogP contribution in [0.25, 0.3) is 0 Å². The number of hydrogen-bond donors (Lipinski definition) is 12. The monoisotopic (exact) mass is 919 g/mol. The van der Waals surface area contributed by atoms with Crippen LogP contribution in [0, 0.1) is 39.9 Å². The molecular formula is C46H78O18. The highest BCUT2D eigenvalue weighted by Gasteiger charge is 2.70. The Labute approximate surface area is 376 Å². The fourth-order valence-corrected chi connectivity index (χ4v) is 13.9. The lowest BCUT2D eigenvalue weighted by Crippen LogP contribution is -2.66. The Balaban J connectivity index is 1.09. The number of rotatable bonds is 13. The molecule has 18 nitrogen and oxygen atoms in total. The van der Waals surface area contributed by atoms with E-state index >= 15 is 0 Å². The highest BCUT2D eigenvalue weighted by molar-refractivity contribution is 5.19. The summed E-state index contributed by atoms with van der Waals surface area (Å²) < 4.78 is 36.7. The molecule has 3 saturated heterocycles. The van der Waals surface area contributed by atoms with Crippen molar-refractivity contribution < 1.29 is 89.7 Å². The van der Waals surface area contributed by atoms with E-state index in [1.807, 2.05) is 20.8 Å². The average Bonchev–Trinajstić information content (AvgIpc) is 3.65. The lowest BCUT2D eigenvalue weighted by atomic mass is 9.37. The van der Waals surface area contributed by atoms with Gasteiger partial charge in [0.05, 0.1) is 37.6 Å². The Morgan fingerprint density at radius 2 is 1.17 bits per heavy atom. The molecule has 370 valence electrons. The number of hydrogen-bond acceptors (Lipinski definition) is 18. The average molecular weight is 919 g/mol. The van der Waals surface area contributed by atoms with E-state index in [9.17, 15) is 61.3 Å². The van der Waals surface area contributed by atoms with E-state index in [-0.39, 0.29) is 39.9 Å². The first-order chi connectivity index (χ1) is 30.1. The van der Waals surface area contributed by atoms with Crippen LogP contribution >= 0.6 is 0 Å². The highest BCUT2D eigenvalue weighted by atomic mass is 16.8. The van der Waals surface area contributed by atoms with Gasteiger partial charge in [-0.2, -0.15) is 0 Å². The third-order valence-electron chi connectivity index (χ3n) is 17.9. The maximum atomic E-state index is 12.5. The van der Waals surface area contributed by atoms with Crippen molar-refractivity contribution in [1.29, 1.82) is 0 Å². The largest absolute Gasteiger partial charge is 0.394 e. The molecular weight excluding hydrogens is 840 g/mol. The molecule has 64 heavy (non-hydrogen) atoms. The van der Waals surface area contributed by atoms with Gasteiger partial charge in [0.15, 0.2) is 18.9 Å². The van der Waals surface area contributed by atoms with Gasteiger partial charge in [0.2, 0.25) is 0 Å². The van der Waals surface area contributed by atoms with Gasteiger partial charge < -0.3 is 89.7 Å². The van der Waals surface area contributed by atoms with Crippen LogP contribution in [-0.4, -0.2) is 191 Å². The van der Waals surface area contributed by atoms with Gasteiger partial charge >= 0.3 is 0 Å². The highest BCUT2D eigenvalue weighted by Crippen LogP contribution is 2.74. The van der Waals surface area contributed by atoms with Gasteiger partial charge in [-0.1, -0.05) is 32.4 Å². The fraction of sp³-hybridized carbons (Fsp3) is 0.957. The normalized spacial score (nSPS) is 52.8. The molecule has 4 saturated carbocycles. The third-order valence-corrected chi connectivity index (χ3v) is 17.9. The summed E-state index contributed by atoms with van der Waals surface area (Å²) in [5, 5.41) is 128. The zero-order valence-corrected chi connectivity index (χ0v) is 38.2. The first-order valence-electron chi connectivity index (χ1n) is 23.6. The van der Waals surface area contributed by atoms with E-state index in [1.54, 1.807) is 0 Å². The van der Waals surface area contributed by atoms with Crippen molar-refractivity contribution in [3.8, 4) is 0 Å².